The van der Waals surface area contributed by atoms with E-state index in [2.05, 4.69) is 10.6 Å². The van der Waals surface area contributed by atoms with Crippen LogP contribution in [0.25, 0.3) is 0 Å². The first-order chi connectivity index (χ1) is 17.3. The lowest BCUT2D eigenvalue weighted by atomic mass is 9.93. The van der Waals surface area contributed by atoms with E-state index in [1.54, 1.807) is 20.8 Å². The first-order valence-corrected chi connectivity index (χ1v) is 13.2. The molecule has 1 aromatic carbocycles. The Morgan fingerprint density at radius 3 is 2.11 bits per heavy atom. The maximum absolute atomic E-state index is 14.0. The zero-order valence-corrected chi connectivity index (χ0v) is 23.6. The molecule has 1 aromatic rings. The number of nitrogens with one attached hydrogen (secondary N) is 2. The van der Waals surface area contributed by atoms with Crippen molar-refractivity contribution >= 4 is 23.8 Å². The van der Waals surface area contributed by atoms with Crippen LogP contribution in [-0.4, -0.2) is 53.4 Å². The van der Waals surface area contributed by atoms with Gasteiger partial charge in [-0.2, -0.15) is 0 Å². The number of aryl methyl sites for hydroxylation is 2. The van der Waals surface area contributed by atoms with E-state index in [9.17, 15) is 19.2 Å². The number of carbonyl (C=O) groups is 4. The Labute approximate surface area is 221 Å². The van der Waals surface area contributed by atoms with Crippen LogP contribution in [0.4, 0.5) is 4.79 Å². The number of carbonyl (C=O) groups excluding carboxylic acids is 4. The van der Waals surface area contributed by atoms with Crippen LogP contribution in [0.15, 0.2) is 18.2 Å². The van der Waals surface area contributed by atoms with Crippen molar-refractivity contribution in [3.8, 4) is 0 Å². The molecule has 0 aliphatic heterocycles. The maximum atomic E-state index is 14.0. The molecule has 0 aliphatic rings. The molecule has 208 valence electrons. The van der Waals surface area contributed by atoms with Crippen molar-refractivity contribution in [3.63, 3.8) is 0 Å². The topological polar surface area (TPSA) is 131 Å². The average molecular weight is 519 g/mol. The summed E-state index contributed by atoms with van der Waals surface area (Å²) in [6.45, 7) is 13.8. The Morgan fingerprint density at radius 2 is 1.59 bits per heavy atom. The standard InChI is InChI=1S/C28H46N4O5/c1-8-10-12-17-32(26(35)21(18-22(29)33)31-27(36)37-28(5,6)7)24(25(34)30-16-11-9-2)23-19(3)14-13-15-20(23)4/h13-15,21,24H,8-12,16-18H2,1-7H3,(H2,29,33)(H,30,34)(H,31,36). The highest BCUT2D eigenvalue weighted by Gasteiger charge is 2.37. The number of rotatable bonds is 14. The summed E-state index contributed by atoms with van der Waals surface area (Å²) in [5.74, 6) is -1.61. The van der Waals surface area contributed by atoms with Crippen molar-refractivity contribution in [1.29, 1.82) is 0 Å². The first-order valence-electron chi connectivity index (χ1n) is 13.2. The zero-order chi connectivity index (χ0) is 28.2. The maximum Gasteiger partial charge on any atom is 0.408 e. The SMILES string of the molecule is CCCCCN(C(=O)C(CC(N)=O)NC(=O)OC(C)(C)C)C(C(=O)NCCCC)c1c(C)cccc1C. The van der Waals surface area contributed by atoms with E-state index in [1.807, 2.05) is 45.9 Å². The van der Waals surface area contributed by atoms with Crippen LogP contribution < -0.4 is 16.4 Å². The molecule has 1 rings (SSSR count). The molecule has 0 aromatic heterocycles. The molecular formula is C28H46N4O5. The highest BCUT2D eigenvalue weighted by molar-refractivity contribution is 5.94. The Balaban J connectivity index is 3.55. The molecule has 9 nitrogen and oxygen atoms in total. The molecule has 2 unspecified atom stereocenters. The van der Waals surface area contributed by atoms with Gasteiger partial charge in [-0.3, -0.25) is 14.4 Å². The number of nitrogens with two attached hydrogens (primary N) is 1. The number of unbranched alkanes of at least 4 members (excludes halogenated alkanes) is 3. The number of hydrogen-bond donors (Lipinski definition) is 3. The second kappa shape index (κ2) is 15.2. The molecule has 0 aliphatic carbocycles. The van der Waals surface area contributed by atoms with Crippen LogP contribution in [0, 0.1) is 13.8 Å². The molecule has 0 radical (unpaired) electrons. The largest absolute Gasteiger partial charge is 0.444 e. The minimum absolute atomic E-state index is 0.275. The molecule has 2 atom stereocenters. The predicted molar refractivity (Wildman–Crippen MR) is 145 cm³/mol. The third-order valence-corrected chi connectivity index (χ3v) is 5.89. The number of alkyl carbamates (subject to hydrolysis) is 1. The Hall–Kier alpha value is -3.10. The lowest BCUT2D eigenvalue weighted by Crippen LogP contribution is -2.54. The van der Waals surface area contributed by atoms with Crippen molar-refractivity contribution < 1.29 is 23.9 Å². The average Bonchev–Trinajstić information content (AvgIpc) is 2.77. The van der Waals surface area contributed by atoms with Crippen molar-refractivity contribution in [3.05, 3.63) is 34.9 Å². The predicted octanol–water partition coefficient (Wildman–Crippen LogP) is 4.05. The van der Waals surface area contributed by atoms with Gasteiger partial charge in [-0.1, -0.05) is 51.3 Å². The molecule has 0 saturated carbocycles. The summed E-state index contributed by atoms with van der Waals surface area (Å²) in [5.41, 5.74) is 7.13. The number of benzene rings is 1. The lowest BCUT2D eigenvalue weighted by molar-refractivity contribution is -0.143. The van der Waals surface area contributed by atoms with Crippen molar-refractivity contribution in [2.75, 3.05) is 13.1 Å². The Kier molecular flexibility index (Phi) is 13.1. The second-order valence-corrected chi connectivity index (χ2v) is 10.5. The molecule has 0 saturated heterocycles. The van der Waals surface area contributed by atoms with Gasteiger partial charge in [0.25, 0.3) is 0 Å². The molecule has 0 fully saturated rings. The van der Waals surface area contributed by atoms with Gasteiger partial charge in [-0.25, -0.2) is 4.79 Å². The molecule has 0 heterocycles. The van der Waals surface area contributed by atoms with Gasteiger partial charge in [0, 0.05) is 13.1 Å². The van der Waals surface area contributed by atoms with E-state index in [4.69, 9.17) is 10.5 Å². The number of hydrogen-bond acceptors (Lipinski definition) is 5. The fourth-order valence-electron chi connectivity index (χ4n) is 4.12. The van der Waals surface area contributed by atoms with Crippen LogP contribution in [0.2, 0.25) is 0 Å². The molecular weight excluding hydrogens is 472 g/mol. The summed E-state index contributed by atoms with van der Waals surface area (Å²) in [6, 6.07) is 3.51. The van der Waals surface area contributed by atoms with Crippen molar-refractivity contribution in [2.45, 2.75) is 105 Å². The third kappa shape index (κ3) is 10.8. The Morgan fingerprint density at radius 1 is 1.00 bits per heavy atom. The van der Waals surface area contributed by atoms with Crippen molar-refractivity contribution in [2.24, 2.45) is 5.73 Å². The van der Waals surface area contributed by atoms with Crippen molar-refractivity contribution in [1.82, 2.24) is 15.5 Å². The normalized spacial score (nSPS) is 12.8. The summed E-state index contributed by atoms with van der Waals surface area (Å²) in [4.78, 5) is 53.6. The van der Waals surface area contributed by atoms with E-state index in [-0.39, 0.29) is 12.5 Å². The summed E-state index contributed by atoms with van der Waals surface area (Å²) in [6.07, 6.45) is 2.88. The highest BCUT2D eigenvalue weighted by Crippen LogP contribution is 2.29. The highest BCUT2D eigenvalue weighted by atomic mass is 16.6. The fraction of sp³-hybridized carbons (Fsp3) is 0.643. The van der Waals surface area contributed by atoms with Gasteiger partial charge in [-0.05, 0) is 64.2 Å². The molecule has 37 heavy (non-hydrogen) atoms. The zero-order valence-electron chi connectivity index (χ0n) is 23.6. The summed E-state index contributed by atoms with van der Waals surface area (Å²) < 4.78 is 5.32. The number of amides is 4. The molecule has 9 heteroatoms. The number of nitrogens with zero attached hydrogens (tertiary/aromatic N) is 1. The van der Waals surface area contributed by atoms with Gasteiger partial charge in [0.05, 0.1) is 6.42 Å². The number of primary amides is 1. The molecule has 0 spiro atoms. The van der Waals surface area contributed by atoms with Crippen LogP contribution in [-0.2, 0) is 19.1 Å². The minimum Gasteiger partial charge on any atom is -0.444 e. The second-order valence-electron chi connectivity index (χ2n) is 10.5. The molecule has 0 bridgehead atoms. The van der Waals surface area contributed by atoms with Gasteiger partial charge < -0.3 is 26.0 Å². The van der Waals surface area contributed by atoms with E-state index < -0.39 is 42.0 Å². The van der Waals surface area contributed by atoms with E-state index in [1.165, 1.54) is 4.90 Å². The van der Waals surface area contributed by atoms with E-state index in [0.717, 1.165) is 42.4 Å². The van der Waals surface area contributed by atoms with Gasteiger partial charge >= 0.3 is 6.09 Å². The number of ether oxygens (including phenoxy) is 1. The van der Waals surface area contributed by atoms with Crippen LogP contribution >= 0.6 is 0 Å². The van der Waals surface area contributed by atoms with Crippen LogP contribution in [0.1, 0.15) is 95.9 Å². The van der Waals surface area contributed by atoms with Crippen LogP contribution in [0.5, 0.6) is 0 Å². The van der Waals surface area contributed by atoms with Gasteiger partial charge in [0.2, 0.25) is 17.7 Å². The molecule has 4 N–H and O–H groups in total. The molecule has 4 amide bonds. The third-order valence-electron chi connectivity index (χ3n) is 5.89. The minimum atomic E-state index is -1.27. The summed E-state index contributed by atoms with van der Waals surface area (Å²) >= 11 is 0. The van der Waals surface area contributed by atoms with Gasteiger partial charge in [0.1, 0.15) is 17.7 Å². The van der Waals surface area contributed by atoms with E-state index in [0.29, 0.717) is 13.0 Å². The smallest absolute Gasteiger partial charge is 0.408 e. The summed E-state index contributed by atoms with van der Waals surface area (Å²) in [7, 11) is 0. The first kappa shape index (κ1) is 31.9. The Bertz CT molecular complexity index is 905. The monoisotopic (exact) mass is 518 g/mol. The lowest BCUT2D eigenvalue weighted by Gasteiger charge is -2.35. The quantitative estimate of drug-likeness (QED) is 0.320. The van der Waals surface area contributed by atoms with Gasteiger partial charge in [0.15, 0.2) is 0 Å². The summed E-state index contributed by atoms with van der Waals surface area (Å²) in [5, 5.41) is 5.49. The van der Waals surface area contributed by atoms with E-state index >= 15 is 0 Å². The fourth-order valence-corrected chi connectivity index (χ4v) is 4.12. The van der Waals surface area contributed by atoms with Crippen LogP contribution in [0.3, 0.4) is 0 Å². The van der Waals surface area contributed by atoms with Gasteiger partial charge in [-0.15, -0.1) is 0 Å².